The fourth-order valence-electron chi connectivity index (χ4n) is 0.412. The molecule has 0 amide bonds. The van der Waals surface area contributed by atoms with Gasteiger partial charge in [-0.2, -0.15) is 0 Å². The van der Waals surface area contributed by atoms with Crippen LogP contribution in [0.3, 0.4) is 0 Å². The third kappa shape index (κ3) is 4.89. The summed E-state index contributed by atoms with van der Waals surface area (Å²) in [5.74, 6) is -0.721. The van der Waals surface area contributed by atoms with E-state index in [4.69, 9.17) is 15.9 Å². The Balaban J connectivity index is 3.28. The Kier molecular flexibility index (Phi) is 4.84. The van der Waals surface area contributed by atoms with Crippen LogP contribution in [-0.4, -0.2) is 22.3 Å². The molecule has 0 saturated heterocycles. The van der Waals surface area contributed by atoms with Crippen LogP contribution in [-0.2, 0) is 4.43 Å². The van der Waals surface area contributed by atoms with Gasteiger partial charge in [0, 0.05) is 6.61 Å². The van der Waals surface area contributed by atoms with Crippen LogP contribution in [0.2, 0.25) is 0 Å². The van der Waals surface area contributed by atoms with Gasteiger partial charge in [-0.1, -0.05) is 6.92 Å². The van der Waals surface area contributed by atoms with Crippen LogP contribution in [0.15, 0.2) is 0 Å². The van der Waals surface area contributed by atoms with Crippen LogP contribution in [0.5, 0.6) is 0 Å². The van der Waals surface area contributed by atoms with Crippen molar-refractivity contribution in [1.29, 1.82) is 0 Å². The Bertz CT molecular complexity index is 89.0. The molecule has 0 aliphatic heterocycles. The van der Waals surface area contributed by atoms with E-state index in [1.807, 2.05) is 13.8 Å². The maximum Gasteiger partial charge on any atom is 0.238 e. The topological polar surface area (TPSA) is 73.3 Å². The predicted molar refractivity (Wildman–Crippen MR) is 44.7 cm³/mol. The molecule has 0 spiro atoms. The smallest absolute Gasteiger partial charge is 0.238 e. The molecule has 0 atom stereocenters. The van der Waals surface area contributed by atoms with Crippen molar-refractivity contribution in [2.24, 2.45) is 11.5 Å². The third-order valence-corrected chi connectivity index (χ3v) is 2.71. The van der Waals surface area contributed by atoms with Crippen molar-refractivity contribution in [3.63, 3.8) is 0 Å². The summed E-state index contributed by atoms with van der Waals surface area (Å²) in [6.45, 7) is 4.63. The molecule has 4 nitrogen and oxygen atoms in total. The van der Waals surface area contributed by atoms with Crippen LogP contribution >= 0.6 is 0 Å². The molecule has 0 fully saturated rings. The normalized spacial score (nSPS) is 13.2. The molecular formula is C5H17N3OSi. The zero-order valence-electron chi connectivity index (χ0n) is 6.68. The fraction of sp³-hybridized carbons (Fsp3) is 1.00. The summed E-state index contributed by atoms with van der Waals surface area (Å²) in [6, 6.07) is 0. The second-order valence-electron chi connectivity index (χ2n) is 2.21. The number of hydrogen-bond acceptors (Lipinski definition) is 4. The van der Waals surface area contributed by atoms with E-state index in [0.29, 0.717) is 6.42 Å². The van der Waals surface area contributed by atoms with E-state index in [1.54, 1.807) is 0 Å². The Morgan fingerprint density at radius 1 is 1.50 bits per heavy atom. The minimum absolute atomic E-state index is 0.704. The standard InChI is InChI=1S/C5H17N3OSi/c1-3-5(6,7)8-10-9-4-2/h8H,3-4,6-7,10H2,1-2H3. The number of rotatable bonds is 5. The molecule has 62 valence electrons. The van der Waals surface area contributed by atoms with E-state index in [0.717, 1.165) is 6.61 Å². The molecule has 0 radical (unpaired) electrons. The van der Waals surface area contributed by atoms with Crippen molar-refractivity contribution in [3.05, 3.63) is 0 Å². The summed E-state index contributed by atoms with van der Waals surface area (Å²) in [7, 11) is -0.704. The Labute approximate surface area is 64.3 Å². The van der Waals surface area contributed by atoms with Gasteiger partial charge in [0.25, 0.3) is 0 Å². The second kappa shape index (κ2) is 4.81. The fourth-order valence-corrected chi connectivity index (χ4v) is 1.24. The van der Waals surface area contributed by atoms with Gasteiger partial charge in [0.1, 0.15) is 5.79 Å². The van der Waals surface area contributed by atoms with Crippen LogP contribution < -0.4 is 16.4 Å². The molecule has 0 aromatic carbocycles. The average Bonchev–Trinajstić information content (AvgIpc) is 1.89. The Morgan fingerprint density at radius 2 is 2.10 bits per heavy atom. The highest BCUT2D eigenvalue weighted by molar-refractivity contribution is 6.23. The van der Waals surface area contributed by atoms with Gasteiger partial charge < -0.3 is 15.9 Å². The second-order valence-corrected chi connectivity index (χ2v) is 3.26. The number of nitrogens with one attached hydrogen (secondary N) is 1. The zero-order chi connectivity index (χ0) is 8.04. The van der Waals surface area contributed by atoms with Crippen LogP contribution in [0.4, 0.5) is 0 Å². The van der Waals surface area contributed by atoms with Crippen molar-refractivity contribution < 1.29 is 4.43 Å². The van der Waals surface area contributed by atoms with E-state index in [9.17, 15) is 0 Å². The summed E-state index contributed by atoms with van der Waals surface area (Å²) < 4.78 is 5.14. The molecule has 0 heterocycles. The molecule has 0 aliphatic carbocycles. The van der Waals surface area contributed by atoms with Gasteiger partial charge in [0.2, 0.25) is 9.92 Å². The SMILES string of the molecule is CCO[SiH2]NC(N)(N)CC. The molecule has 0 rings (SSSR count). The molecule has 0 aromatic heterocycles. The maximum absolute atomic E-state index is 5.58. The van der Waals surface area contributed by atoms with E-state index in [1.165, 1.54) is 0 Å². The molecule has 0 aromatic rings. The molecule has 10 heavy (non-hydrogen) atoms. The molecule has 0 aliphatic rings. The lowest BCUT2D eigenvalue weighted by Crippen LogP contribution is -2.62. The van der Waals surface area contributed by atoms with Gasteiger partial charge in [0.05, 0.1) is 0 Å². The van der Waals surface area contributed by atoms with Gasteiger partial charge in [-0.05, 0) is 13.3 Å². The van der Waals surface area contributed by atoms with Crippen molar-refractivity contribution in [1.82, 2.24) is 4.98 Å². The third-order valence-electron chi connectivity index (χ3n) is 1.29. The van der Waals surface area contributed by atoms with E-state index in [-0.39, 0.29) is 0 Å². The molecular weight excluding hydrogens is 146 g/mol. The van der Waals surface area contributed by atoms with Crippen molar-refractivity contribution in [3.8, 4) is 0 Å². The minimum Gasteiger partial charge on any atom is -0.409 e. The summed E-state index contributed by atoms with van der Waals surface area (Å²) in [6.07, 6.45) is 0.715. The van der Waals surface area contributed by atoms with Crippen LogP contribution in [0.25, 0.3) is 0 Å². The number of nitrogens with two attached hydrogens (primary N) is 2. The first-order chi connectivity index (χ1) is 4.62. The van der Waals surface area contributed by atoms with Crippen LogP contribution in [0, 0.1) is 0 Å². The monoisotopic (exact) mass is 163 g/mol. The van der Waals surface area contributed by atoms with E-state index < -0.39 is 15.7 Å². The van der Waals surface area contributed by atoms with E-state index >= 15 is 0 Å². The lowest BCUT2D eigenvalue weighted by Gasteiger charge is -2.23. The van der Waals surface area contributed by atoms with Gasteiger partial charge in [-0.3, -0.25) is 4.98 Å². The highest BCUT2D eigenvalue weighted by Crippen LogP contribution is 1.88. The molecule has 5 heteroatoms. The molecule has 0 saturated carbocycles. The summed E-state index contributed by atoms with van der Waals surface area (Å²) in [4.78, 5) is 2.98. The van der Waals surface area contributed by atoms with Gasteiger partial charge in [0.15, 0.2) is 0 Å². The highest BCUT2D eigenvalue weighted by Gasteiger charge is 2.13. The van der Waals surface area contributed by atoms with Gasteiger partial charge >= 0.3 is 0 Å². The lowest BCUT2D eigenvalue weighted by molar-refractivity contribution is 0.318. The molecule has 5 N–H and O–H groups in total. The first-order valence-corrected chi connectivity index (χ1v) is 4.81. The first kappa shape index (κ1) is 10.1. The Hall–Kier alpha value is 0.0569. The van der Waals surface area contributed by atoms with Crippen LogP contribution in [0.1, 0.15) is 20.3 Å². The minimum atomic E-state index is -0.721. The Morgan fingerprint density at radius 3 is 2.50 bits per heavy atom. The van der Waals surface area contributed by atoms with Gasteiger partial charge in [-0.15, -0.1) is 0 Å². The first-order valence-electron chi connectivity index (χ1n) is 3.53. The van der Waals surface area contributed by atoms with Gasteiger partial charge in [-0.25, -0.2) is 0 Å². The average molecular weight is 163 g/mol. The van der Waals surface area contributed by atoms with Crippen molar-refractivity contribution >= 4 is 9.92 Å². The predicted octanol–water partition coefficient (Wildman–Crippen LogP) is -1.41. The summed E-state index contributed by atoms with van der Waals surface area (Å²) in [5, 5.41) is 0. The van der Waals surface area contributed by atoms with Crippen molar-refractivity contribution in [2.75, 3.05) is 6.61 Å². The maximum atomic E-state index is 5.58. The zero-order valence-corrected chi connectivity index (χ0v) is 8.10. The largest absolute Gasteiger partial charge is 0.409 e. The molecule has 0 unspecified atom stereocenters. The quantitative estimate of drug-likeness (QED) is 0.264. The highest BCUT2D eigenvalue weighted by atomic mass is 28.2. The number of hydrogen-bond donors (Lipinski definition) is 3. The van der Waals surface area contributed by atoms with Crippen molar-refractivity contribution in [2.45, 2.75) is 26.1 Å². The summed E-state index contributed by atoms with van der Waals surface area (Å²) >= 11 is 0. The summed E-state index contributed by atoms with van der Waals surface area (Å²) in [5.41, 5.74) is 11.2. The lowest BCUT2D eigenvalue weighted by atomic mass is 10.3. The van der Waals surface area contributed by atoms with E-state index in [2.05, 4.69) is 4.98 Å². The molecule has 0 bridgehead atoms.